The first-order valence-electron chi connectivity index (χ1n) is 9.67. The summed E-state index contributed by atoms with van der Waals surface area (Å²) in [6.45, 7) is 0.180. The number of rotatable bonds is 8. The molecule has 8 heteroatoms. The molecule has 29 heavy (non-hydrogen) atoms. The van der Waals surface area contributed by atoms with Crippen molar-refractivity contribution < 1.29 is 22.0 Å². The van der Waals surface area contributed by atoms with Crippen LogP contribution in [0.5, 0.6) is 0 Å². The summed E-state index contributed by atoms with van der Waals surface area (Å²) in [5.74, 6) is -1.67. The van der Waals surface area contributed by atoms with Crippen molar-refractivity contribution in [2.45, 2.75) is 43.4 Å². The average Bonchev–Trinajstić information content (AvgIpc) is 2.66. The van der Waals surface area contributed by atoms with Gasteiger partial charge in [-0.3, -0.25) is 4.79 Å². The van der Waals surface area contributed by atoms with Gasteiger partial charge in [0.25, 0.3) is 0 Å². The van der Waals surface area contributed by atoms with E-state index in [-0.39, 0.29) is 36.7 Å². The SMILES string of the molecule is O=C(CCNS(=O)(=O)c1ccc2c(c1)CCCC2)NCCc1cc(F)cc(F)c1. The second-order valence-corrected chi connectivity index (χ2v) is 8.93. The van der Waals surface area contributed by atoms with Crippen molar-refractivity contribution in [3.8, 4) is 0 Å². The van der Waals surface area contributed by atoms with Gasteiger partial charge in [-0.2, -0.15) is 0 Å². The molecule has 1 aliphatic carbocycles. The Kier molecular flexibility index (Phi) is 6.97. The van der Waals surface area contributed by atoms with Crippen molar-refractivity contribution in [2.75, 3.05) is 13.1 Å². The van der Waals surface area contributed by atoms with E-state index in [4.69, 9.17) is 0 Å². The molecule has 1 amide bonds. The Hall–Kier alpha value is -2.32. The van der Waals surface area contributed by atoms with Gasteiger partial charge in [-0.05, 0) is 73.1 Å². The number of carbonyl (C=O) groups is 1. The molecule has 2 aromatic carbocycles. The summed E-state index contributed by atoms with van der Waals surface area (Å²) in [6, 6.07) is 8.39. The van der Waals surface area contributed by atoms with Crippen molar-refractivity contribution in [2.24, 2.45) is 0 Å². The number of hydrogen-bond acceptors (Lipinski definition) is 3. The molecule has 0 radical (unpaired) electrons. The normalized spacial score (nSPS) is 13.7. The summed E-state index contributed by atoms with van der Waals surface area (Å²) >= 11 is 0. The van der Waals surface area contributed by atoms with E-state index in [0.29, 0.717) is 5.56 Å². The second-order valence-electron chi connectivity index (χ2n) is 7.16. The van der Waals surface area contributed by atoms with E-state index >= 15 is 0 Å². The molecule has 0 spiro atoms. The van der Waals surface area contributed by atoms with Gasteiger partial charge in [0, 0.05) is 25.6 Å². The largest absolute Gasteiger partial charge is 0.356 e. The quantitative estimate of drug-likeness (QED) is 0.687. The van der Waals surface area contributed by atoms with Gasteiger partial charge in [0.05, 0.1) is 4.90 Å². The first-order valence-corrected chi connectivity index (χ1v) is 11.1. The lowest BCUT2D eigenvalue weighted by atomic mass is 9.92. The van der Waals surface area contributed by atoms with Crippen LogP contribution in [0.1, 0.15) is 36.0 Å². The molecule has 2 N–H and O–H groups in total. The van der Waals surface area contributed by atoms with Crippen LogP contribution in [0.3, 0.4) is 0 Å². The van der Waals surface area contributed by atoms with Gasteiger partial charge in [0.15, 0.2) is 0 Å². The molecule has 156 valence electrons. The van der Waals surface area contributed by atoms with Crippen molar-refractivity contribution in [3.63, 3.8) is 0 Å². The van der Waals surface area contributed by atoms with Crippen LogP contribution >= 0.6 is 0 Å². The van der Waals surface area contributed by atoms with Crippen LogP contribution in [0.4, 0.5) is 8.78 Å². The number of fused-ring (bicyclic) bond motifs is 1. The fourth-order valence-electron chi connectivity index (χ4n) is 3.45. The second kappa shape index (κ2) is 9.45. The maximum Gasteiger partial charge on any atom is 0.240 e. The maximum absolute atomic E-state index is 13.1. The predicted molar refractivity (Wildman–Crippen MR) is 106 cm³/mol. The zero-order chi connectivity index (χ0) is 20.9. The van der Waals surface area contributed by atoms with Crippen molar-refractivity contribution in [1.29, 1.82) is 0 Å². The summed E-state index contributed by atoms with van der Waals surface area (Å²) in [7, 11) is -3.68. The number of aryl methyl sites for hydroxylation is 2. The lowest BCUT2D eigenvalue weighted by molar-refractivity contribution is -0.120. The minimum absolute atomic E-state index is 0.0261. The van der Waals surface area contributed by atoms with E-state index in [1.807, 2.05) is 6.07 Å². The smallest absolute Gasteiger partial charge is 0.240 e. The third kappa shape index (κ3) is 6.08. The Labute approximate surface area is 169 Å². The van der Waals surface area contributed by atoms with Gasteiger partial charge < -0.3 is 5.32 Å². The Morgan fingerprint density at radius 1 is 0.931 bits per heavy atom. The summed E-state index contributed by atoms with van der Waals surface area (Å²) in [4.78, 5) is 12.1. The number of benzene rings is 2. The lowest BCUT2D eigenvalue weighted by Crippen LogP contribution is -2.31. The zero-order valence-corrected chi connectivity index (χ0v) is 16.8. The molecule has 0 unspecified atom stereocenters. The molecule has 5 nitrogen and oxygen atoms in total. The molecule has 0 aliphatic heterocycles. The van der Waals surface area contributed by atoms with Crippen molar-refractivity contribution >= 4 is 15.9 Å². The number of carbonyl (C=O) groups excluding carboxylic acids is 1. The molecule has 2 aromatic rings. The average molecular weight is 422 g/mol. The molecule has 0 heterocycles. The Balaban J connectivity index is 1.44. The minimum atomic E-state index is -3.68. The molecule has 0 saturated carbocycles. The van der Waals surface area contributed by atoms with Gasteiger partial charge in [-0.15, -0.1) is 0 Å². The third-order valence-corrected chi connectivity index (χ3v) is 6.39. The molecular weight excluding hydrogens is 398 g/mol. The highest BCUT2D eigenvalue weighted by Crippen LogP contribution is 2.24. The van der Waals surface area contributed by atoms with Crippen molar-refractivity contribution in [3.05, 3.63) is 64.7 Å². The zero-order valence-electron chi connectivity index (χ0n) is 16.0. The molecule has 3 rings (SSSR count). The molecule has 0 atom stereocenters. The number of nitrogens with one attached hydrogen (secondary N) is 2. The summed E-state index contributed by atoms with van der Waals surface area (Å²) in [5, 5.41) is 2.62. The molecule has 0 bridgehead atoms. The maximum atomic E-state index is 13.1. The van der Waals surface area contributed by atoms with E-state index in [2.05, 4.69) is 10.0 Å². The van der Waals surface area contributed by atoms with Gasteiger partial charge in [0.1, 0.15) is 11.6 Å². The Morgan fingerprint density at radius 2 is 1.62 bits per heavy atom. The fourth-order valence-corrected chi connectivity index (χ4v) is 4.53. The topological polar surface area (TPSA) is 75.3 Å². The standard InChI is InChI=1S/C21H24F2N2O3S/c22-18-11-15(12-19(23)14-18)7-9-24-21(26)8-10-25-29(27,28)20-6-5-16-3-1-2-4-17(16)13-20/h5-6,11-14,25H,1-4,7-10H2,(H,24,26). The fraction of sp³-hybridized carbons (Fsp3) is 0.381. The Morgan fingerprint density at radius 3 is 2.34 bits per heavy atom. The predicted octanol–water partition coefficient (Wildman–Crippen LogP) is 2.87. The van der Waals surface area contributed by atoms with Crippen molar-refractivity contribution in [1.82, 2.24) is 10.0 Å². The summed E-state index contributed by atoms with van der Waals surface area (Å²) < 4.78 is 53.6. The van der Waals surface area contributed by atoms with Crippen LogP contribution in [0, 0.1) is 11.6 Å². The summed E-state index contributed by atoms with van der Waals surface area (Å²) in [5.41, 5.74) is 2.72. The highest BCUT2D eigenvalue weighted by Gasteiger charge is 2.17. The van der Waals surface area contributed by atoms with E-state index < -0.39 is 21.7 Å². The lowest BCUT2D eigenvalue weighted by Gasteiger charge is -2.16. The number of amides is 1. The van der Waals surface area contributed by atoms with Crippen LogP contribution < -0.4 is 10.0 Å². The highest BCUT2D eigenvalue weighted by molar-refractivity contribution is 7.89. The Bertz CT molecular complexity index is 973. The van der Waals surface area contributed by atoms with E-state index in [9.17, 15) is 22.0 Å². The molecule has 0 fully saturated rings. The molecule has 0 saturated heterocycles. The van der Waals surface area contributed by atoms with E-state index in [1.54, 1.807) is 12.1 Å². The third-order valence-electron chi connectivity index (χ3n) is 4.93. The first-order chi connectivity index (χ1) is 13.8. The van der Waals surface area contributed by atoms with Crippen LogP contribution in [0.2, 0.25) is 0 Å². The molecule has 1 aliphatic rings. The summed E-state index contributed by atoms with van der Waals surface area (Å²) in [6.07, 6.45) is 4.30. The van der Waals surface area contributed by atoms with Gasteiger partial charge in [-0.25, -0.2) is 21.9 Å². The number of halogens is 2. The van der Waals surface area contributed by atoms with Crippen LogP contribution in [-0.2, 0) is 34.1 Å². The van der Waals surface area contributed by atoms with E-state index in [1.165, 1.54) is 17.7 Å². The number of hydrogen-bond donors (Lipinski definition) is 2. The highest BCUT2D eigenvalue weighted by atomic mass is 32.2. The van der Waals surface area contributed by atoms with Crippen LogP contribution in [-0.4, -0.2) is 27.4 Å². The number of sulfonamides is 1. The van der Waals surface area contributed by atoms with Crippen LogP contribution in [0.15, 0.2) is 41.3 Å². The minimum Gasteiger partial charge on any atom is -0.356 e. The van der Waals surface area contributed by atoms with Gasteiger partial charge >= 0.3 is 0 Å². The molecular formula is C21H24F2N2O3S. The van der Waals surface area contributed by atoms with Gasteiger partial charge in [0.2, 0.25) is 15.9 Å². The monoisotopic (exact) mass is 422 g/mol. The van der Waals surface area contributed by atoms with Crippen LogP contribution in [0.25, 0.3) is 0 Å². The molecule has 0 aromatic heterocycles. The van der Waals surface area contributed by atoms with Gasteiger partial charge in [-0.1, -0.05) is 6.07 Å². The van der Waals surface area contributed by atoms with E-state index in [0.717, 1.165) is 37.3 Å². The first kappa shape index (κ1) is 21.4.